The standard InChI is InChI=1S/C14H18FNO2/c15-13-4-5-14(12-3-1-2-11(12)13)18-10-16-6-8-17-9-7-16/h4-5H,1-3,6-10H2. The van der Waals surface area contributed by atoms with E-state index in [1.54, 1.807) is 6.07 Å². The van der Waals surface area contributed by atoms with Crippen molar-refractivity contribution in [3.8, 4) is 5.75 Å². The SMILES string of the molecule is Fc1ccc(OCN2CCOCC2)c2c1CCC2. The summed E-state index contributed by atoms with van der Waals surface area (Å²) >= 11 is 0. The summed E-state index contributed by atoms with van der Waals surface area (Å²) in [6.45, 7) is 3.92. The predicted molar refractivity (Wildman–Crippen MR) is 66.3 cm³/mol. The monoisotopic (exact) mass is 251 g/mol. The summed E-state index contributed by atoms with van der Waals surface area (Å²) in [7, 11) is 0. The van der Waals surface area contributed by atoms with E-state index >= 15 is 0 Å². The zero-order chi connectivity index (χ0) is 12.4. The molecule has 0 N–H and O–H groups in total. The van der Waals surface area contributed by atoms with Crippen LogP contribution in [0.3, 0.4) is 0 Å². The number of nitrogens with zero attached hydrogens (tertiary/aromatic N) is 1. The van der Waals surface area contributed by atoms with Crippen LogP contribution in [-0.2, 0) is 17.6 Å². The summed E-state index contributed by atoms with van der Waals surface area (Å²) in [5.74, 6) is 0.775. The van der Waals surface area contributed by atoms with Crippen LogP contribution < -0.4 is 4.74 Å². The maximum atomic E-state index is 13.6. The fourth-order valence-corrected chi connectivity index (χ4v) is 2.66. The summed E-state index contributed by atoms with van der Waals surface area (Å²) in [5, 5.41) is 0. The van der Waals surface area contributed by atoms with Gasteiger partial charge in [0.25, 0.3) is 0 Å². The molecular weight excluding hydrogens is 233 g/mol. The molecule has 0 bridgehead atoms. The molecule has 1 fully saturated rings. The highest BCUT2D eigenvalue weighted by Gasteiger charge is 2.20. The molecule has 98 valence electrons. The van der Waals surface area contributed by atoms with Crippen molar-refractivity contribution < 1.29 is 13.9 Å². The van der Waals surface area contributed by atoms with E-state index in [1.807, 2.05) is 0 Å². The summed E-state index contributed by atoms with van der Waals surface area (Å²) < 4.78 is 24.7. The minimum absolute atomic E-state index is 0.0822. The maximum absolute atomic E-state index is 13.6. The van der Waals surface area contributed by atoms with Gasteiger partial charge in [0.15, 0.2) is 0 Å². The maximum Gasteiger partial charge on any atom is 0.142 e. The molecule has 0 spiro atoms. The Kier molecular flexibility index (Phi) is 3.48. The smallest absolute Gasteiger partial charge is 0.142 e. The van der Waals surface area contributed by atoms with Gasteiger partial charge in [0.1, 0.15) is 18.3 Å². The molecule has 0 aromatic heterocycles. The van der Waals surface area contributed by atoms with E-state index in [0.29, 0.717) is 6.73 Å². The van der Waals surface area contributed by atoms with Gasteiger partial charge in [-0.15, -0.1) is 0 Å². The van der Waals surface area contributed by atoms with Crippen LogP contribution in [0.5, 0.6) is 5.75 Å². The van der Waals surface area contributed by atoms with Gasteiger partial charge in [-0.2, -0.15) is 0 Å². The Balaban J connectivity index is 1.67. The molecular formula is C14H18FNO2. The Morgan fingerprint density at radius 1 is 1.17 bits per heavy atom. The van der Waals surface area contributed by atoms with E-state index in [1.165, 1.54) is 6.07 Å². The van der Waals surface area contributed by atoms with Crippen LogP contribution in [0.1, 0.15) is 17.5 Å². The van der Waals surface area contributed by atoms with Crippen molar-refractivity contribution >= 4 is 0 Å². The number of ether oxygens (including phenoxy) is 2. The molecule has 3 nitrogen and oxygen atoms in total. The highest BCUT2D eigenvalue weighted by atomic mass is 19.1. The average molecular weight is 251 g/mol. The van der Waals surface area contributed by atoms with Gasteiger partial charge in [0, 0.05) is 18.7 Å². The molecule has 0 amide bonds. The molecule has 1 aliphatic heterocycles. The molecule has 0 unspecified atom stereocenters. The third-order valence-electron chi connectivity index (χ3n) is 3.69. The first-order chi connectivity index (χ1) is 8.84. The van der Waals surface area contributed by atoms with Crippen molar-refractivity contribution in [2.45, 2.75) is 19.3 Å². The number of halogens is 1. The molecule has 1 aromatic rings. The lowest BCUT2D eigenvalue weighted by molar-refractivity contribution is 0.00387. The number of hydrogen-bond donors (Lipinski definition) is 0. The average Bonchev–Trinajstić information content (AvgIpc) is 2.90. The summed E-state index contributed by atoms with van der Waals surface area (Å²) in [5.41, 5.74) is 1.93. The second-order valence-electron chi connectivity index (χ2n) is 4.86. The Hall–Kier alpha value is -1.13. The van der Waals surface area contributed by atoms with Crippen molar-refractivity contribution in [2.24, 2.45) is 0 Å². The molecule has 4 heteroatoms. The second-order valence-corrected chi connectivity index (χ2v) is 4.86. The zero-order valence-corrected chi connectivity index (χ0v) is 10.5. The van der Waals surface area contributed by atoms with E-state index in [9.17, 15) is 4.39 Å². The lowest BCUT2D eigenvalue weighted by Crippen LogP contribution is -2.38. The van der Waals surface area contributed by atoms with Crippen molar-refractivity contribution in [2.75, 3.05) is 33.0 Å². The minimum Gasteiger partial charge on any atom is -0.478 e. The third-order valence-corrected chi connectivity index (χ3v) is 3.69. The van der Waals surface area contributed by atoms with Crippen LogP contribution in [0.15, 0.2) is 12.1 Å². The van der Waals surface area contributed by atoms with Gasteiger partial charge in [-0.05, 0) is 37.0 Å². The molecule has 18 heavy (non-hydrogen) atoms. The van der Waals surface area contributed by atoms with Gasteiger partial charge in [-0.1, -0.05) is 0 Å². The fourth-order valence-electron chi connectivity index (χ4n) is 2.66. The first-order valence-corrected chi connectivity index (χ1v) is 6.58. The van der Waals surface area contributed by atoms with Crippen LogP contribution in [0.4, 0.5) is 4.39 Å². The lowest BCUT2D eigenvalue weighted by Gasteiger charge is -2.26. The fraction of sp³-hybridized carbons (Fsp3) is 0.571. The zero-order valence-electron chi connectivity index (χ0n) is 10.5. The van der Waals surface area contributed by atoms with Gasteiger partial charge < -0.3 is 9.47 Å². The van der Waals surface area contributed by atoms with Crippen molar-refractivity contribution in [3.05, 3.63) is 29.1 Å². The lowest BCUT2D eigenvalue weighted by atomic mass is 10.1. The third kappa shape index (κ3) is 2.35. The van der Waals surface area contributed by atoms with Crippen molar-refractivity contribution in [1.82, 2.24) is 4.90 Å². The van der Waals surface area contributed by atoms with E-state index < -0.39 is 0 Å². The largest absolute Gasteiger partial charge is 0.478 e. The molecule has 1 aromatic carbocycles. The molecule has 1 saturated heterocycles. The highest BCUT2D eigenvalue weighted by molar-refractivity contribution is 5.43. The summed E-state index contributed by atoms with van der Waals surface area (Å²) in [6, 6.07) is 3.29. The van der Waals surface area contributed by atoms with E-state index in [-0.39, 0.29) is 5.82 Å². The first-order valence-electron chi connectivity index (χ1n) is 6.58. The molecule has 2 aliphatic rings. The van der Waals surface area contributed by atoms with Crippen molar-refractivity contribution in [1.29, 1.82) is 0 Å². The molecule has 3 rings (SSSR count). The number of morpholine rings is 1. The topological polar surface area (TPSA) is 21.7 Å². The normalized spacial score (nSPS) is 19.8. The van der Waals surface area contributed by atoms with Crippen LogP contribution in [-0.4, -0.2) is 37.9 Å². The Labute approximate surface area is 106 Å². The quantitative estimate of drug-likeness (QED) is 0.820. The van der Waals surface area contributed by atoms with E-state index in [0.717, 1.165) is 62.4 Å². The minimum atomic E-state index is -0.0822. The summed E-state index contributed by atoms with van der Waals surface area (Å²) in [6.07, 6.45) is 2.81. The van der Waals surface area contributed by atoms with Crippen LogP contribution in [0.25, 0.3) is 0 Å². The molecule has 0 radical (unpaired) electrons. The molecule has 0 atom stereocenters. The van der Waals surface area contributed by atoms with Crippen molar-refractivity contribution in [3.63, 3.8) is 0 Å². The van der Waals surface area contributed by atoms with Crippen LogP contribution in [0.2, 0.25) is 0 Å². The number of rotatable bonds is 3. The van der Waals surface area contributed by atoms with Gasteiger partial charge in [0.05, 0.1) is 13.2 Å². The molecule has 1 aliphatic carbocycles. The predicted octanol–water partition coefficient (Wildman–Crippen LogP) is 1.98. The van der Waals surface area contributed by atoms with E-state index in [2.05, 4.69) is 4.90 Å². The van der Waals surface area contributed by atoms with Gasteiger partial charge in [-0.25, -0.2) is 4.39 Å². The Bertz CT molecular complexity index is 430. The van der Waals surface area contributed by atoms with Gasteiger partial charge >= 0.3 is 0 Å². The number of fused-ring (bicyclic) bond motifs is 1. The highest BCUT2D eigenvalue weighted by Crippen LogP contribution is 2.32. The summed E-state index contributed by atoms with van der Waals surface area (Å²) in [4.78, 5) is 2.22. The number of hydrogen-bond acceptors (Lipinski definition) is 3. The van der Waals surface area contributed by atoms with Gasteiger partial charge in [-0.3, -0.25) is 4.90 Å². The molecule has 1 heterocycles. The van der Waals surface area contributed by atoms with Crippen LogP contribution >= 0.6 is 0 Å². The number of benzene rings is 1. The Morgan fingerprint density at radius 3 is 2.78 bits per heavy atom. The van der Waals surface area contributed by atoms with E-state index in [4.69, 9.17) is 9.47 Å². The first kappa shape index (κ1) is 11.9. The van der Waals surface area contributed by atoms with Gasteiger partial charge in [0.2, 0.25) is 0 Å². The Morgan fingerprint density at radius 2 is 1.94 bits per heavy atom. The van der Waals surface area contributed by atoms with Crippen LogP contribution in [0, 0.1) is 5.82 Å². The molecule has 0 saturated carbocycles. The second kappa shape index (κ2) is 5.24.